The Morgan fingerprint density at radius 1 is 1.17 bits per heavy atom. The highest BCUT2D eigenvalue weighted by Crippen LogP contribution is 2.31. The van der Waals surface area contributed by atoms with Gasteiger partial charge in [-0.3, -0.25) is 10.1 Å². The lowest BCUT2D eigenvalue weighted by Crippen LogP contribution is -2.00. The van der Waals surface area contributed by atoms with E-state index in [9.17, 15) is 10.1 Å². The second-order valence-electron chi connectivity index (χ2n) is 5.16. The average Bonchev–Trinajstić information content (AvgIpc) is 2.99. The van der Waals surface area contributed by atoms with Crippen LogP contribution in [0.1, 0.15) is 5.56 Å². The summed E-state index contributed by atoms with van der Waals surface area (Å²) in [6.45, 7) is 0.351. The largest absolute Gasteiger partial charge is 0.394 e. The van der Waals surface area contributed by atoms with Crippen molar-refractivity contribution in [2.24, 2.45) is 0 Å². The summed E-state index contributed by atoms with van der Waals surface area (Å²) in [4.78, 5) is 14.1. The number of nitrogens with one attached hydrogen (secondary N) is 1. The molecule has 0 unspecified atom stereocenters. The molecule has 6 nitrogen and oxygen atoms in total. The van der Waals surface area contributed by atoms with Crippen molar-refractivity contribution in [3.8, 4) is 11.3 Å². The van der Waals surface area contributed by atoms with E-state index in [-0.39, 0.29) is 25.5 Å². The molecule has 0 aliphatic heterocycles. The normalized spacial score (nSPS) is 11.0. The number of nitrogens with zero attached hydrogens (tertiary/aromatic N) is 1. The number of fused-ring (bicyclic) bond motifs is 1. The molecule has 0 aliphatic rings. The SMILES string of the molecule is O=[N+]([O-])c1cc(COCCO)cc2cc(-c3ccccc3)[nH]c12. The van der Waals surface area contributed by atoms with Crippen LogP contribution < -0.4 is 0 Å². The Bertz CT molecular complexity index is 827. The van der Waals surface area contributed by atoms with Crippen LogP contribution in [0.3, 0.4) is 0 Å². The first-order valence-electron chi connectivity index (χ1n) is 7.23. The van der Waals surface area contributed by atoms with Crippen LogP contribution in [0.2, 0.25) is 0 Å². The Morgan fingerprint density at radius 3 is 2.65 bits per heavy atom. The summed E-state index contributed by atoms with van der Waals surface area (Å²) in [5, 5.41) is 20.9. The highest BCUT2D eigenvalue weighted by atomic mass is 16.6. The second-order valence-corrected chi connectivity index (χ2v) is 5.16. The number of non-ortho nitro benzene ring substituents is 1. The monoisotopic (exact) mass is 312 g/mol. The maximum Gasteiger partial charge on any atom is 0.293 e. The van der Waals surface area contributed by atoms with Crippen molar-refractivity contribution < 1.29 is 14.8 Å². The number of H-pyrrole nitrogens is 1. The maximum atomic E-state index is 11.3. The van der Waals surface area contributed by atoms with Crippen molar-refractivity contribution >= 4 is 16.6 Å². The zero-order chi connectivity index (χ0) is 16.2. The Balaban J connectivity index is 2.05. The van der Waals surface area contributed by atoms with E-state index in [0.717, 1.165) is 16.6 Å². The highest BCUT2D eigenvalue weighted by molar-refractivity contribution is 5.92. The van der Waals surface area contributed by atoms with E-state index >= 15 is 0 Å². The molecule has 0 saturated carbocycles. The van der Waals surface area contributed by atoms with E-state index in [2.05, 4.69) is 4.98 Å². The highest BCUT2D eigenvalue weighted by Gasteiger charge is 2.17. The van der Waals surface area contributed by atoms with Crippen LogP contribution in [0, 0.1) is 10.1 Å². The van der Waals surface area contributed by atoms with Crippen molar-refractivity contribution in [3.63, 3.8) is 0 Å². The predicted octanol–water partition coefficient (Wildman–Crippen LogP) is 3.25. The van der Waals surface area contributed by atoms with Gasteiger partial charge in [0.2, 0.25) is 0 Å². The van der Waals surface area contributed by atoms with Crippen molar-refractivity contribution in [1.29, 1.82) is 0 Å². The molecular weight excluding hydrogens is 296 g/mol. The number of aliphatic hydroxyl groups excluding tert-OH is 1. The Morgan fingerprint density at radius 2 is 1.96 bits per heavy atom. The van der Waals surface area contributed by atoms with E-state index in [1.165, 1.54) is 6.07 Å². The van der Waals surface area contributed by atoms with Crippen LogP contribution in [-0.4, -0.2) is 28.2 Å². The van der Waals surface area contributed by atoms with Gasteiger partial charge < -0.3 is 14.8 Å². The van der Waals surface area contributed by atoms with E-state index in [4.69, 9.17) is 9.84 Å². The van der Waals surface area contributed by atoms with Crippen molar-refractivity contribution in [1.82, 2.24) is 4.98 Å². The zero-order valence-electron chi connectivity index (χ0n) is 12.4. The summed E-state index contributed by atoms with van der Waals surface area (Å²) in [6, 6.07) is 14.9. The Kier molecular flexibility index (Phi) is 4.36. The van der Waals surface area contributed by atoms with Crippen molar-refractivity contribution in [2.75, 3.05) is 13.2 Å². The van der Waals surface area contributed by atoms with Crippen LogP contribution in [0.5, 0.6) is 0 Å². The lowest BCUT2D eigenvalue weighted by atomic mass is 10.1. The van der Waals surface area contributed by atoms with Gasteiger partial charge in [-0.25, -0.2) is 0 Å². The second kappa shape index (κ2) is 6.60. The molecule has 3 aromatic rings. The Labute approximate surface area is 132 Å². The lowest BCUT2D eigenvalue weighted by molar-refractivity contribution is -0.383. The van der Waals surface area contributed by atoms with Crippen LogP contribution in [0.25, 0.3) is 22.2 Å². The minimum atomic E-state index is -0.400. The number of aliphatic hydroxyl groups is 1. The van der Waals surface area contributed by atoms with Crippen LogP contribution >= 0.6 is 0 Å². The molecule has 0 spiro atoms. The molecule has 0 atom stereocenters. The molecule has 0 amide bonds. The quantitative estimate of drug-likeness (QED) is 0.415. The van der Waals surface area contributed by atoms with E-state index in [0.29, 0.717) is 11.1 Å². The standard InChI is InChI=1S/C17H16N2O4/c20-6-7-23-11-12-8-14-10-15(13-4-2-1-3-5-13)18-17(14)16(9-12)19(21)22/h1-5,8-10,18,20H,6-7,11H2. The van der Waals surface area contributed by atoms with E-state index < -0.39 is 4.92 Å². The number of hydrogen-bond donors (Lipinski definition) is 2. The van der Waals surface area contributed by atoms with Gasteiger partial charge in [-0.05, 0) is 23.3 Å². The van der Waals surface area contributed by atoms with E-state index in [1.807, 2.05) is 42.5 Å². The first kappa shape index (κ1) is 15.2. The first-order valence-corrected chi connectivity index (χ1v) is 7.23. The number of nitro groups is 1. The molecule has 1 heterocycles. The molecule has 2 N–H and O–H groups in total. The molecule has 3 rings (SSSR count). The minimum absolute atomic E-state index is 0.0206. The molecule has 0 bridgehead atoms. The van der Waals surface area contributed by atoms with Gasteiger partial charge in [0, 0.05) is 17.1 Å². The van der Waals surface area contributed by atoms with Crippen molar-refractivity contribution in [2.45, 2.75) is 6.61 Å². The number of aromatic amines is 1. The first-order chi connectivity index (χ1) is 11.2. The predicted molar refractivity (Wildman–Crippen MR) is 87.1 cm³/mol. The molecule has 0 fully saturated rings. The van der Waals surface area contributed by atoms with Gasteiger partial charge in [0.15, 0.2) is 0 Å². The minimum Gasteiger partial charge on any atom is -0.394 e. The lowest BCUT2D eigenvalue weighted by Gasteiger charge is -2.03. The Hall–Kier alpha value is -2.70. The summed E-state index contributed by atoms with van der Waals surface area (Å²) in [5.74, 6) is 0. The molecular formula is C17H16N2O4. The number of ether oxygens (including phenoxy) is 1. The molecule has 23 heavy (non-hydrogen) atoms. The molecule has 2 aromatic carbocycles. The zero-order valence-corrected chi connectivity index (χ0v) is 12.4. The summed E-state index contributed by atoms with van der Waals surface area (Å²) in [5.41, 5.74) is 3.02. The number of hydrogen-bond acceptors (Lipinski definition) is 4. The van der Waals surface area contributed by atoms with Crippen LogP contribution in [0.4, 0.5) is 5.69 Å². The van der Waals surface area contributed by atoms with Crippen molar-refractivity contribution in [3.05, 3.63) is 64.2 Å². The van der Waals surface area contributed by atoms with Gasteiger partial charge >= 0.3 is 0 Å². The summed E-state index contributed by atoms with van der Waals surface area (Å²) in [7, 11) is 0. The summed E-state index contributed by atoms with van der Waals surface area (Å²) >= 11 is 0. The topological polar surface area (TPSA) is 88.4 Å². The molecule has 0 saturated heterocycles. The third kappa shape index (κ3) is 3.23. The molecule has 1 aromatic heterocycles. The maximum absolute atomic E-state index is 11.3. The van der Waals surface area contributed by atoms with Gasteiger partial charge in [-0.2, -0.15) is 0 Å². The molecule has 6 heteroatoms. The van der Waals surface area contributed by atoms with Gasteiger partial charge in [0.25, 0.3) is 5.69 Å². The van der Waals surface area contributed by atoms with Gasteiger partial charge in [0.05, 0.1) is 24.7 Å². The third-order valence-corrected chi connectivity index (χ3v) is 3.55. The fourth-order valence-corrected chi connectivity index (χ4v) is 2.54. The third-order valence-electron chi connectivity index (χ3n) is 3.55. The molecule has 0 aliphatic carbocycles. The smallest absolute Gasteiger partial charge is 0.293 e. The molecule has 0 radical (unpaired) electrons. The number of nitro benzene ring substituents is 1. The fourth-order valence-electron chi connectivity index (χ4n) is 2.54. The number of rotatable bonds is 6. The number of benzene rings is 2. The number of aromatic nitrogens is 1. The summed E-state index contributed by atoms with van der Waals surface area (Å²) < 4.78 is 5.26. The van der Waals surface area contributed by atoms with Gasteiger partial charge in [-0.15, -0.1) is 0 Å². The fraction of sp³-hybridized carbons (Fsp3) is 0.176. The average molecular weight is 312 g/mol. The van der Waals surface area contributed by atoms with Gasteiger partial charge in [-0.1, -0.05) is 30.3 Å². The van der Waals surface area contributed by atoms with Crippen LogP contribution in [-0.2, 0) is 11.3 Å². The van der Waals surface area contributed by atoms with Gasteiger partial charge in [0.1, 0.15) is 5.52 Å². The van der Waals surface area contributed by atoms with E-state index in [1.54, 1.807) is 0 Å². The molecule has 118 valence electrons. The van der Waals surface area contributed by atoms with Crippen LogP contribution in [0.15, 0.2) is 48.5 Å². The summed E-state index contributed by atoms with van der Waals surface area (Å²) in [6.07, 6.45) is 0.